The number of H-pyrrole nitrogens is 1. The number of methoxy groups -OCH3 is 2. The van der Waals surface area contributed by atoms with Gasteiger partial charge in [-0.05, 0) is 25.3 Å². The second-order valence-electron chi connectivity index (χ2n) is 7.01. The fourth-order valence-corrected chi connectivity index (χ4v) is 4.81. The van der Waals surface area contributed by atoms with E-state index in [9.17, 15) is 0 Å². The first-order valence-electron chi connectivity index (χ1n) is 9.99. The van der Waals surface area contributed by atoms with Crippen molar-refractivity contribution in [2.45, 2.75) is 31.4 Å². The van der Waals surface area contributed by atoms with E-state index in [4.69, 9.17) is 9.47 Å². The van der Waals surface area contributed by atoms with Gasteiger partial charge in [-0.3, -0.25) is 4.99 Å². The number of hydrogen-bond acceptors (Lipinski definition) is 4. The van der Waals surface area contributed by atoms with Crippen LogP contribution in [0.15, 0.2) is 23.2 Å². The van der Waals surface area contributed by atoms with Crippen molar-refractivity contribution in [1.29, 1.82) is 0 Å². The van der Waals surface area contributed by atoms with Crippen LogP contribution in [0.2, 0.25) is 0 Å². The van der Waals surface area contributed by atoms with Crippen LogP contribution in [0.25, 0.3) is 10.9 Å². The summed E-state index contributed by atoms with van der Waals surface area (Å²) in [5, 5.41) is 5.35. The lowest BCUT2D eigenvalue weighted by Gasteiger charge is -2.34. The molecule has 3 rings (SSSR count). The van der Waals surface area contributed by atoms with Crippen molar-refractivity contribution in [1.82, 2.24) is 15.2 Å². The monoisotopic (exact) mass is 404 g/mol. The van der Waals surface area contributed by atoms with Crippen LogP contribution in [0.1, 0.15) is 25.5 Å². The zero-order valence-electron chi connectivity index (χ0n) is 17.4. The van der Waals surface area contributed by atoms with E-state index in [1.54, 1.807) is 14.2 Å². The van der Waals surface area contributed by atoms with Crippen molar-refractivity contribution in [2.75, 3.05) is 46.7 Å². The molecular formula is C21H32N4O2S. The number of fused-ring (bicyclic) bond motifs is 1. The number of aromatic amines is 1. The van der Waals surface area contributed by atoms with Crippen LogP contribution in [0.3, 0.4) is 0 Å². The second kappa shape index (κ2) is 9.96. The van der Waals surface area contributed by atoms with Crippen LogP contribution < -0.4 is 14.8 Å². The van der Waals surface area contributed by atoms with E-state index >= 15 is 0 Å². The molecule has 28 heavy (non-hydrogen) atoms. The number of thioether (sulfide) groups is 1. The molecule has 0 amide bonds. The molecule has 0 saturated carbocycles. The summed E-state index contributed by atoms with van der Waals surface area (Å²) in [6.45, 7) is 5.33. The second-order valence-corrected chi connectivity index (χ2v) is 8.42. The molecule has 1 aromatic heterocycles. The summed E-state index contributed by atoms with van der Waals surface area (Å²) in [6.07, 6.45) is 3.22. The predicted octanol–water partition coefficient (Wildman–Crippen LogP) is 3.52. The smallest absolute Gasteiger partial charge is 0.193 e. The Hall–Kier alpha value is -2.02. The van der Waals surface area contributed by atoms with Gasteiger partial charge in [-0.15, -0.1) is 0 Å². The van der Waals surface area contributed by atoms with Gasteiger partial charge in [0.05, 0.1) is 19.7 Å². The van der Waals surface area contributed by atoms with E-state index in [0.717, 1.165) is 60.8 Å². The Morgan fingerprint density at radius 3 is 2.89 bits per heavy atom. The summed E-state index contributed by atoms with van der Waals surface area (Å²) < 4.78 is 10.9. The molecule has 1 fully saturated rings. The zero-order chi connectivity index (χ0) is 19.9. The summed E-state index contributed by atoms with van der Waals surface area (Å²) >= 11 is 2.08. The summed E-state index contributed by atoms with van der Waals surface area (Å²) in [5.41, 5.74) is 2.25. The Kier molecular flexibility index (Phi) is 7.36. The highest BCUT2D eigenvalue weighted by Gasteiger charge is 2.21. The lowest BCUT2D eigenvalue weighted by Crippen LogP contribution is -2.48. The van der Waals surface area contributed by atoms with Crippen molar-refractivity contribution >= 4 is 28.6 Å². The average Bonchev–Trinajstić information content (AvgIpc) is 3.15. The highest BCUT2D eigenvalue weighted by molar-refractivity contribution is 8.00. The van der Waals surface area contributed by atoms with Crippen LogP contribution in [0.5, 0.6) is 11.5 Å². The van der Waals surface area contributed by atoms with E-state index in [1.807, 2.05) is 19.2 Å². The average molecular weight is 405 g/mol. The van der Waals surface area contributed by atoms with Gasteiger partial charge in [0.1, 0.15) is 11.5 Å². The number of nitrogens with zero attached hydrogens (tertiary/aromatic N) is 2. The molecule has 1 atom stereocenters. The molecule has 0 radical (unpaired) electrons. The summed E-state index contributed by atoms with van der Waals surface area (Å²) in [4.78, 5) is 10.4. The highest BCUT2D eigenvalue weighted by atomic mass is 32.2. The highest BCUT2D eigenvalue weighted by Crippen LogP contribution is 2.31. The first-order chi connectivity index (χ1) is 13.7. The van der Waals surface area contributed by atoms with Crippen molar-refractivity contribution in [3.05, 3.63) is 23.9 Å². The number of benzene rings is 1. The van der Waals surface area contributed by atoms with E-state index in [2.05, 4.69) is 44.9 Å². The molecule has 7 heteroatoms. The van der Waals surface area contributed by atoms with Gasteiger partial charge in [-0.1, -0.05) is 6.92 Å². The first kappa shape index (κ1) is 20.7. The molecule has 1 aliphatic heterocycles. The minimum atomic E-state index is 0.714. The number of hydrogen-bond donors (Lipinski definition) is 2. The maximum absolute atomic E-state index is 5.50. The Morgan fingerprint density at radius 1 is 1.32 bits per heavy atom. The fourth-order valence-electron chi connectivity index (χ4n) is 3.63. The number of guanidine groups is 1. The van der Waals surface area contributed by atoms with E-state index in [1.165, 1.54) is 17.9 Å². The maximum atomic E-state index is 5.50. The molecule has 154 valence electrons. The third-order valence-electron chi connectivity index (χ3n) is 5.20. The minimum Gasteiger partial charge on any atom is -0.497 e. The van der Waals surface area contributed by atoms with Gasteiger partial charge in [-0.2, -0.15) is 11.8 Å². The predicted molar refractivity (Wildman–Crippen MR) is 119 cm³/mol. The van der Waals surface area contributed by atoms with Gasteiger partial charge in [0.25, 0.3) is 0 Å². The van der Waals surface area contributed by atoms with Crippen LogP contribution >= 0.6 is 11.8 Å². The third-order valence-corrected chi connectivity index (χ3v) is 6.57. The van der Waals surface area contributed by atoms with Gasteiger partial charge in [0, 0.05) is 60.9 Å². The van der Waals surface area contributed by atoms with Gasteiger partial charge < -0.3 is 24.7 Å². The van der Waals surface area contributed by atoms with Gasteiger partial charge >= 0.3 is 0 Å². The van der Waals surface area contributed by atoms with E-state index < -0.39 is 0 Å². The molecule has 2 aromatic rings. The zero-order valence-corrected chi connectivity index (χ0v) is 18.2. The fraction of sp³-hybridized carbons (Fsp3) is 0.571. The van der Waals surface area contributed by atoms with Crippen molar-refractivity contribution in [2.24, 2.45) is 4.99 Å². The molecule has 2 heterocycles. The number of aryl methyl sites for hydroxylation is 1. The lowest BCUT2D eigenvalue weighted by atomic mass is 10.2. The maximum Gasteiger partial charge on any atom is 0.193 e. The van der Waals surface area contributed by atoms with Crippen LogP contribution in [0, 0.1) is 0 Å². The normalized spacial score (nSPS) is 17.8. The van der Waals surface area contributed by atoms with Crippen LogP contribution in [-0.2, 0) is 6.42 Å². The third kappa shape index (κ3) is 4.87. The molecule has 6 nitrogen and oxygen atoms in total. The van der Waals surface area contributed by atoms with Crippen molar-refractivity contribution in [3.8, 4) is 11.5 Å². The molecule has 1 saturated heterocycles. The summed E-state index contributed by atoms with van der Waals surface area (Å²) in [6, 6.07) is 6.11. The van der Waals surface area contributed by atoms with Crippen molar-refractivity contribution < 1.29 is 9.47 Å². The summed E-state index contributed by atoms with van der Waals surface area (Å²) in [5.74, 6) is 3.85. The Bertz CT molecular complexity index is 805. The Balaban J connectivity index is 1.54. The molecule has 0 aliphatic carbocycles. The molecule has 0 bridgehead atoms. The van der Waals surface area contributed by atoms with Gasteiger partial charge in [0.2, 0.25) is 0 Å². The lowest BCUT2D eigenvalue weighted by molar-refractivity contribution is 0.398. The SMILES string of the molecule is CCC1CN(C(=NC)NCCCc2cc3c(OC)cc(OC)cc3[nH]2)CCS1. The largest absolute Gasteiger partial charge is 0.497 e. The van der Waals surface area contributed by atoms with Crippen LogP contribution in [0.4, 0.5) is 0 Å². The Morgan fingerprint density at radius 2 is 2.18 bits per heavy atom. The number of aromatic nitrogens is 1. The minimum absolute atomic E-state index is 0.714. The number of ether oxygens (including phenoxy) is 2. The summed E-state index contributed by atoms with van der Waals surface area (Å²) in [7, 11) is 5.24. The quantitative estimate of drug-likeness (QED) is 0.420. The topological polar surface area (TPSA) is 61.9 Å². The van der Waals surface area contributed by atoms with E-state index in [0.29, 0.717) is 5.25 Å². The number of rotatable bonds is 7. The first-order valence-corrected chi connectivity index (χ1v) is 11.0. The molecule has 2 N–H and O–H groups in total. The van der Waals surface area contributed by atoms with Gasteiger partial charge in [0.15, 0.2) is 5.96 Å². The molecule has 0 spiro atoms. The standard InChI is InChI=1S/C21H32N4O2S/c1-5-17-14-25(9-10-28-17)21(22-2)23-8-6-7-15-11-18-19(24-15)12-16(26-3)13-20(18)27-4/h11-13,17,24H,5-10,14H2,1-4H3,(H,22,23). The van der Waals surface area contributed by atoms with E-state index in [-0.39, 0.29) is 0 Å². The van der Waals surface area contributed by atoms with Crippen molar-refractivity contribution in [3.63, 3.8) is 0 Å². The number of aliphatic imine (C=N–C) groups is 1. The molecule has 1 unspecified atom stereocenters. The van der Waals surface area contributed by atoms with Crippen LogP contribution in [-0.4, -0.2) is 67.7 Å². The number of nitrogens with one attached hydrogen (secondary N) is 2. The Labute approximate surface area is 172 Å². The molecule has 1 aliphatic rings. The van der Waals surface area contributed by atoms with Gasteiger partial charge in [-0.25, -0.2) is 0 Å². The molecule has 1 aromatic carbocycles. The molecular weight excluding hydrogens is 372 g/mol.